The molecule has 0 saturated heterocycles. The third-order valence-electron chi connectivity index (χ3n) is 2.35. The maximum atomic E-state index is 8.84. The fraction of sp³-hybridized carbons (Fsp3) is 0.545. The number of nitriles is 1. The van der Waals surface area contributed by atoms with Crippen LogP contribution >= 0.6 is 11.6 Å². The average Bonchev–Trinajstić information content (AvgIpc) is 2.36. The highest BCUT2D eigenvalue weighted by atomic mass is 35.5. The molecule has 1 atom stereocenters. The second kappa shape index (κ2) is 6.26. The molecule has 1 aromatic rings. The fourth-order valence-corrected chi connectivity index (χ4v) is 1.65. The van der Waals surface area contributed by atoms with Crippen LogP contribution in [0.15, 0.2) is 6.20 Å². The van der Waals surface area contributed by atoms with Crippen LogP contribution in [0.25, 0.3) is 0 Å². The third-order valence-corrected chi connectivity index (χ3v) is 2.61. The third kappa shape index (κ3) is 3.46. The zero-order valence-electron chi connectivity index (χ0n) is 10.2. The number of nitrogens with zero attached hydrogens (tertiary/aromatic N) is 4. The molecule has 0 fully saturated rings. The van der Waals surface area contributed by atoms with Gasteiger partial charge in [-0.1, -0.05) is 11.6 Å². The summed E-state index contributed by atoms with van der Waals surface area (Å²) in [6, 6.07) is 2.20. The molecule has 0 radical (unpaired) electrons. The first-order chi connectivity index (χ1) is 8.12. The molecule has 0 aromatic carbocycles. The van der Waals surface area contributed by atoms with Crippen LogP contribution < -0.4 is 10.2 Å². The summed E-state index contributed by atoms with van der Waals surface area (Å²) in [5.41, 5.74) is 0. The minimum Gasteiger partial charge on any atom is -0.357 e. The van der Waals surface area contributed by atoms with Crippen molar-refractivity contribution in [2.45, 2.75) is 13.8 Å². The molecular weight excluding hydrogens is 238 g/mol. The highest BCUT2D eigenvalue weighted by Gasteiger charge is 2.14. The highest BCUT2D eigenvalue weighted by molar-refractivity contribution is 6.32. The number of hydrogen-bond donors (Lipinski definition) is 1. The van der Waals surface area contributed by atoms with Gasteiger partial charge in [0.05, 0.1) is 18.2 Å². The van der Waals surface area contributed by atoms with Gasteiger partial charge in [0.25, 0.3) is 0 Å². The van der Waals surface area contributed by atoms with Gasteiger partial charge in [-0.3, -0.25) is 0 Å². The zero-order chi connectivity index (χ0) is 12.8. The van der Waals surface area contributed by atoms with Gasteiger partial charge in [0.15, 0.2) is 5.82 Å². The minimum atomic E-state index is -0.0704. The van der Waals surface area contributed by atoms with Crippen molar-refractivity contribution in [3.05, 3.63) is 11.2 Å². The van der Waals surface area contributed by atoms with E-state index in [2.05, 4.69) is 21.4 Å². The van der Waals surface area contributed by atoms with Crippen molar-refractivity contribution in [1.29, 1.82) is 5.26 Å². The van der Waals surface area contributed by atoms with E-state index >= 15 is 0 Å². The second-order valence-corrected chi connectivity index (χ2v) is 4.09. The van der Waals surface area contributed by atoms with Gasteiger partial charge in [0, 0.05) is 20.1 Å². The number of hydrogen-bond acceptors (Lipinski definition) is 5. The largest absolute Gasteiger partial charge is 0.357 e. The Hall–Kier alpha value is -1.54. The first kappa shape index (κ1) is 13.5. The Labute approximate surface area is 106 Å². The molecule has 0 saturated carbocycles. The van der Waals surface area contributed by atoms with Crippen LogP contribution in [0.4, 0.5) is 11.8 Å². The van der Waals surface area contributed by atoms with E-state index in [9.17, 15) is 0 Å². The molecular formula is C11H16ClN5. The van der Waals surface area contributed by atoms with Gasteiger partial charge in [0.1, 0.15) is 5.02 Å². The van der Waals surface area contributed by atoms with Crippen LogP contribution in [-0.2, 0) is 0 Å². The standard InChI is InChI=1S/C11H16ClN5/c1-4-17(7-8(2)5-13)10-9(12)6-15-11(14-3)16-10/h6,8H,4,7H2,1-3H3,(H,14,15,16). The van der Waals surface area contributed by atoms with E-state index in [1.807, 2.05) is 18.7 Å². The number of anilines is 2. The van der Waals surface area contributed by atoms with E-state index < -0.39 is 0 Å². The minimum absolute atomic E-state index is 0.0704. The highest BCUT2D eigenvalue weighted by Crippen LogP contribution is 2.24. The van der Waals surface area contributed by atoms with Crippen molar-refractivity contribution in [3.63, 3.8) is 0 Å². The predicted octanol–water partition coefficient (Wildman–Crippen LogP) is 2.16. The lowest BCUT2D eigenvalue weighted by atomic mass is 10.2. The molecule has 1 N–H and O–H groups in total. The van der Waals surface area contributed by atoms with Gasteiger partial charge < -0.3 is 10.2 Å². The molecule has 0 amide bonds. The van der Waals surface area contributed by atoms with Crippen molar-refractivity contribution in [3.8, 4) is 6.07 Å². The van der Waals surface area contributed by atoms with E-state index in [-0.39, 0.29) is 5.92 Å². The topological polar surface area (TPSA) is 64.8 Å². The van der Waals surface area contributed by atoms with Crippen LogP contribution in [0.5, 0.6) is 0 Å². The van der Waals surface area contributed by atoms with Gasteiger partial charge in [-0.05, 0) is 13.8 Å². The molecule has 6 heteroatoms. The maximum Gasteiger partial charge on any atom is 0.224 e. The Bertz CT molecular complexity index is 415. The summed E-state index contributed by atoms with van der Waals surface area (Å²) in [7, 11) is 1.75. The van der Waals surface area contributed by atoms with Gasteiger partial charge in [-0.25, -0.2) is 4.98 Å². The Morgan fingerprint density at radius 1 is 1.65 bits per heavy atom. The van der Waals surface area contributed by atoms with Crippen LogP contribution in [0.2, 0.25) is 5.02 Å². The van der Waals surface area contributed by atoms with Crippen molar-refractivity contribution in [1.82, 2.24) is 9.97 Å². The maximum absolute atomic E-state index is 8.84. The molecule has 1 rings (SSSR count). The van der Waals surface area contributed by atoms with Crippen LogP contribution in [0.3, 0.4) is 0 Å². The van der Waals surface area contributed by atoms with Crippen LogP contribution in [0.1, 0.15) is 13.8 Å². The van der Waals surface area contributed by atoms with Gasteiger partial charge >= 0.3 is 0 Å². The molecule has 92 valence electrons. The molecule has 1 unspecified atom stereocenters. The molecule has 17 heavy (non-hydrogen) atoms. The molecule has 5 nitrogen and oxygen atoms in total. The zero-order valence-corrected chi connectivity index (χ0v) is 11.0. The first-order valence-corrected chi connectivity index (χ1v) is 5.85. The van der Waals surface area contributed by atoms with Crippen LogP contribution in [-0.4, -0.2) is 30.1 Å². The molecule has 1 heterocycles. The number of nitrogens with one attached hydrogen (secondary N) is 1. The fourth-order valence-electron chi connectivity index (χ4n) is 1.44. The number of halogens is 1. The Kier molecular flexibility index (Phi) is 4.98. The summed E-state index contributed by atoms with van der Waals surface area (Å²) in [6.07, 6.45) is 1.56. The lowest BCUT2D eigenvalue weighted by molar-refractivity contribution is 0.679. The SMILES string of the molecule is CCN(CC(C)C#N)c1nc(NC)ncc1Cl. The first-order valence-electron chi connectivity index (χ1n) is 5.47. The molecule has 0 bridgehead atoms. The van der Waals surface area contributed by atoms with Crippen molar-refractivity contribution < 1.29 is 0 Å². The molecule has 0 spiro atoms. The smallest absolute Gasteiger partial charge is 0.224 e. The average molecular weight is 254 g/mol. The van der Waals surface area contributed by atoms with Gasteiger partial charge in [-0.2, -0.15) is 10.2 Å². The van der Waals surface area contributed by atoms with E-state index in [1.54, 1.807) is 13.2 Å². The Morgan fingerprint density at radius 2 is 2.35 bits per heavy atom. The normalized spacial score (nSPS) is 11.7. The summed E-state index contributed by atoms with van der Waals surface area (Å²) in [6.45, 7) is 5.22. The number of aromatic nitrogens is 2. The summed E-state index contributed by atoms with van der Waals surface area (Å²) < 4.78 is 0. The van der Waals surface area contributed by atoms with Crippen molar-refractivity contribution >= 4 is 23.4 Å². The summed E-state index contributed by atoms with van der Waals surface area (Å²) >= 11 is 6.08. The lowest BCUT2D eigenvalue weighted by Gasteiger charge is -2.24. The summed E-state index contributed by atoms with van der Waals surface area (Å²) in [5.74, 6) is 1.11. The van der Waals surface area contributed by atoms with E-state index in [4.69, 9.17) is 16.9 Å². The van der Waals surface area contributed by atoms with Crippen molar-refractivity contribution in [2.24, 2.45) is 5.92 Å². The van der Waals surface area contributed by atoms with Crippen LogP contribution in [0, 0.1) is 17.2 Å². The van der Waals surface area contributed by atoms with E-state index in [0.717, 1.165) is 6.54 Å². The quantitative estimate of drug-likeness (QED) is 0.871. The summed E-state index contributed by atoms with van der Waals surface area (Å²) in [5, 5.41) is 12.2. The van der Waals surface area contributed by atoms with E-state index in [1.165, 1.54) is 0 Å². The van der Waals surface area contributed by atoms with Gasteiger partial charge in [-0.15, -0.1) is 0 Å². The lowest BCUT2D eigenvalue weighted by Crippen LogP contribution is -2.29. The Balaban J connectivity index is 2.98. The second-order valence-electron chi connectivity index (χ2n) is 3.68. The molecule has 0 aliphatic rings. The number of rotatable bonds is 5. The molecule has 0 aliphatic heterocycles. The molecule has 0 aliphatic carbocycles. The molecule has 1 aromatic heterocycles. The Morgan fingerprint density at radius 3 is 2.88 bits per heavy atom. The summed E-state index contributed by atoms with van der Waals surface area (Å²) in [4.78, 5) is 10.3. The van der Waals surface area contributed by atoms with Gasteiger partial charge in [0.2, 0.25) is 5.95 Å². The predicted molar refractivity (Wildman–Crippen MR) is 69.3 cm³/mol. The van der Waals surface area contributed by atoms with E-state index in [0.29, 0.717) is 23.3 Å². The monoisotopic (exact) mass is 253 g/mol. The van der Waals surface area contributed by atoms with Crippen molar-refractivity contribution in [2.75, 3.05) is 30.4 Å².